The number of hydrogen-bond donors (Lipinski definition) is 3. The van der Waals surface area contributed by atoms with E-state index >= 15 is 0 Å². The van der Waals surface area contributed by atoms with Gasteiger partial charge < -0.3 is 20.2 Å². The van der Waals surface area contributed by atoms with E-state index in [0.29, 0.717) is 5.39 Å². The number of fused-ring (bicyclic) bond motifs is 1. The van der Waals surface area contributed by atoms with E-state index in [-0.39, 0.29) is 11.6 Å². The zero-order valence-electron chi connectivity index (χ0n) is 17.3. The van der Waals surface area contributed by atoms with Crippen LogP contribution in [0.3, 0.4) is 0 Å². The van der Waals surface area contributed by atoms with E-state index in [0.717, 1.165) is 17.6 Å². The number of ketones is 1. The number of allylic oxidation sites excluding steroid dienone is 2. The molecule has 1 aliphatic rings. The number of rotatable bonds is 8. The molecule has 0 bridgehead atoms. The standard InChI is InChI=1S/C23H23F3N2O4/c1-13-11-28(13)18-4-2-3-14-5-6-15(9-16(14)18)22(23(24,25)26)17(10-27)19(30)7-8-20(31)21(32)12-29/h2-6,9,13,20-21,29,31-32H,7-8,11-12H2,1H3/b22-17-. The van der Waals surface area contributed by atoms with Crippen molar-refractivity contribution in [1.29, 1.82) is 5.26 Å². The van der Waals surface area contributed by atoms with Crippen LogP contribution in [0, 0.1) is 11.3 Å². The van der Waals surface area contributed by atoms with Crippen LogP contribution < -0.4 is 4.90 Å². The van der Waals surface area contributed by atoms with E-state index < -0.39 is 54.8 Å². The molecule has 1 aliphatic heterocycles. The summed E-state index contributed by atoms with van der Waals surface area (Å²) in [6.45, 7) is 2.02. The fourth-order valence-electron chi connectivity index (χ4n) is 3.66. The van der Waals surface area contributed by atoms with Gasteiger partial charge in [0.15, 0.2) is 5.78 Å². The van der Waals surface area contributed by atoms with Gasteiger partial charge in [-0.3, -0.25) is 4.79 Å². The van der Waals surface area contributed by atoms with Gasteiger partial charge in [0.05, 0.1) is 18.3 Å². The van der Waals surface area contributed by atoms with Gasteiger partial charge in [-0.15, -0.1) is 0 Å². The van der Waals surface area contributed by atoms with Crippen LogP contribution in [0.2, 0.25) is 0 Å². The molecular formula is C23H23F3N2O4. The summed E-state index contributed by atoms with van der Waals surface area (Å²) in [5.41, 5.74) is -1.91. The predicted molar refractivity (Wildman–Crippen MR) is 113 cm³/mol. The number of benzene rings is 2. The third-order valence-electron chi connectivity index (χ3n) is 5.54. The van der Waals surface area contributed by atoms with E-state index in [1.807, 2.05) is 24.0 Å². The number of nitriles is 1. The minimum Gasteiger partial charge on any atom is -0.394 e. The molecule has 0 aliphatic carbocycles. The summed E-state index contributed by atoms with van der Waals surface area (Å²) in [4.78, 5) is 14.5. The molecule has 1 heterocycles. The molecule has 6 nitrogen and oxygen atoms in total. The molecule has 2 aromatic carbocycles. The molecule has 0 radical (unpaired) electrons. The van der Waals surface area contributed by atoms with Crippen molar-refractivity contribution in [3.63, 3.8) is 0 Å². The molecule has 0 amide bonds. The summed E-state index contributed by atoms with van der Waals surface area (Å²) in [6.07, 6.45) is -9.00. The first kappa shape index (κ1) is 23.7. The summed E-state index contributed by atoms with van der Waals surface area (Å²) < 4.78 is 42.1. The Hall–Kier alpha value is -2.93. The van der Waals surface area contributed by atoms with E-state index in [9.17, 15) is 33.4 Å². The van der Waals surface area contributed by atoms with Gasteiger partial charge in [0.25, 0.3) is 0 Å². The lowest BCUT2D eigenvalue weighted by atomic mass is 9.92. The first-order valence-electron chi connectivity index (χ1n) is 10.1. The van der Waals surface area contributed by atoms with Crippen molar-refractivity contribution in [3.8, 4) is 6.07 Å². The van der Waals surface area contributed by atoms with Crippen LogP contribution in [0.25, 0.3) is 16.3 Å². The lowest BCUT2D eigenvalue weighted by Gasteiger charge is -2.17. The molecule has 3 N–H and O–H groups in total. The van der Waals surface area contributed by atoms with Crippen LogP contribution >= 0.6 is 0 Å². The number of hydrogen-bond acceptors (Lipinski definition) is 6. The topological polar surface area (TPSA) is 105 Å². The zero-order valence-corrected chi connectivity index (χ0v) is 17.3. The van der Waals surface area contributed by atoms with Gasteiger partial charge >= 0.3 is 6.18 Å². The van der Waals surface area contributed by atoms with Gasteiger partial charge in [-0.2, -0.15) is 18.4 Å². The number of nitrogens with zero attached hydrogens (tertiary/aromatic N) is 2. The maximum Gasteiger partial charge on any atom is 0.418 e. The first-order valence-corrected chi connectivity index (χ1v) is 10.1. The fraction of sp³-hybridized carbons (Fsp3) is 0.391. The molecule has 3 unspecified atom stereocenters. The molecule has 1 fully saturated rings. The Labute approximate surface area is 182 Å². The number of aliphatic hydroxyl groups excluding tert-OH is 3. The monoisotopic (exact) mass is 448 g/mol. The second-order valence-electron chi connectivity index (χ2n) is 7.85. The number of Topliss-reactive ketones (excluding diaryl/α,β-unsaturated/α-hetero) is 1. The van der Waals surface area contributed by atoms with Crippen LogP contribution in [-0.2, 0) is 4.79 Å². The Bertz CT molecular complexity index is 1090. The maximum absolute atomic E-state index is 14.0. The van der Waals surface area contributed by atoms with Crippen LogP contribution in [0.4, 0.5) is 18.9 Å². The fourth-order valence-corrected chi connectivity index (χ4v) is 3.66. The van der Waals surface area contributed by atoms with Crippen molar-refractivity contribution in [2.75, 3.05) is 18.1 Å². The average molecular weight is 448 g/mol. The van der Waals surface area contributed by atoms with Crippen LogP contribution in [0.1, 0.15) is 25.3 Å². The van der Waals surface area contributed by atoms with Crippen molar-refractivity contribution >= 4 is 27.8 Å². The molecule has 0 saturated carbocycles. The third-order valence-corrected chi connectivity index (χ3v) is 5.54. The highest BCUT2D eigenvalue weighted by atomic mass is 19.4. The quantitative estimate of drug-likeness (QED) is 0.326. The van der Waals surface area contributed by atoms with Gasteiger partial charge in [-0.1, -0.05) is 24.3 Å². The highest BCUT2D eigenvalue weighted by Gasteiger charge is 2.40. The van der Waals surface area contributed by atoms with E-state index in [1.54, 1.807) is 6.07 Å². The van der Waals surface area contributed by atoms with Crippen molar-refractivity contribution < 1.29 is 33.3 Å². The number of anilines is 1. The second-order valence-corrected chi connectivity index (χ2v) is 7.85. The summed E-state index contributed by atoms with van der Waals surface area (Å²) in [6, 6.07) is 11.2. The Morgan fingerprint density at radius 1 is 1.25 bits per heavy atom. The Morgan fingerprint density at radius 3 is 2.50 bits per heavy atom. The first-order chi connectivity index (χ1) is 15.1. The molecule has 32 heavy (non-hydrogen) atoms. The van der Waals surface area contributed by atoms with Gasteiger partial charge in [-0.25, -0.2) is 0 Å². The predicted octanol–water partition coefficient (Wildman–Crippen LogP) is 2.95. The smallest absolute Gasteiger partial charge is 0.394 e. The minimum atomic E-state index is -4.97. The Balaban J connectivity index is 2.05. The number of carbonyl (C=O) groups excluding carboxylic acids is 1. The van der Waals surface area contributed by atoms with Gasteiger partial charge in [0, 0.05) is 30.1 Å². The van der Waals surface area contributed by atoms with Crippen molar-refractivity contribution in [2.24, 2.45) is 0 Å². The summed E-state index contributed by atoms with van der Waals surface area (Å²) in [5, 5.41) is 38.6. The molecule has 0 aromatic heterocycles. The molecule has 0 spiro atoms. The highest BCUT2D eigenvalue weighted by Crippen LogP contribution is 2.40. The normalized spacial score (nSPS) is 18.7. The Kier molecular flexibility index (Phi) is 6.88. The summed E-state index contributed by atoms with van der Waals surface area (Å²) in [5.74, 6) is -1.10. The van der Waals surface area contributed by atoms with E-state index in [1.165, 1.54) is 24.3 Å². The van der Waals surface area contributed by atoms with Gasteiger partial charge in [0.1, 0.15) is 17.7 Å². The lowest BCUT2D eigenvalue weighted by Crippen LogP contribution is -2.30. The largest absolute Gasteiger partial charge is 0.418 e. The molecule has 3 rings (SSSR count). The molecule has 9 heteroatoms. The van der Waals surface area contributed by atoms with Crippen LogP contribution in [0.5, 0.6) is 0 Å². The molecule has 2 aromatic rings. The second kappa shape index (κ2) is 9.28. The molecular weight excluding hydrogens is 425 g/mol. The SMILES string of the molecule is CC1CN1c1cccc2ccc(/C(=C(\C#N)C(=O)CCC(O)C(O)CO)C(F)(F)F)cc12. The summed E-state index contributed by atoms with van der Waals surface area (Å²) in [7, 11) is 0. The van der Waals surface area contributed by atoms with Crippen molar-refractivity contribution in [1.82, 2.24) is 0 Å². The molecule has 1 saturated heterocycles. The van der Waals surface area contributed by atoms with Crippen LogP contribution in [-0.4, -0.2) is 58.7 Å². The zero-order chi connectivity index (χ0) is 23.6. The van der Waals surface area contributed by atoms with Crippen LogP contribution in [0.15, 0.2) is 42.0 Å². The van der Waals surface area contributed by atoms with Gasteiger partial charge in [0.2, 0.25) is 0 Å². The van der Waals surface area contributed by atoms with Crippen molar-refractivity contribution in [3.05, 3.63) is 47.5 Å². The van der Waals surface area contributed by atoms with E-state index in [4.69, 9.17) is 5.11 Å². The molecule has 170 valence electrons. The molecule has 3 atom stereocenters. The number of carbonyl (C=O) groups is 1. The lowest BCUT2D eigenvalue weighted by molar-refractivity contribution is -0.116. The number of aliphatic hydroxyl groups is 3. The van der Waals surface area contributed by atoms with E-state index in [2.05, 4.69) is 0 Å². The van der Waals surface area contributed by atoms with Gasteiger partial charge in [-0.05, 0) is 36.4 Å². The van der Waals surface area contributed by atoms with Crippen molar-refractivity contribution in [2.45, 2.75) is 44.2 Å². The minimum absolute atomic E-state index is 0.277. The number of halogens is 3. The Morgan fingerprint density at radius 2 is 1.94 bits per heavy atom. The number of alkyl halides is 3. The maximum atomic E-state index is 14.0. The average Bonchev–Trinajstić information content (AvgIpc) is 3.49. The summed E-state index contributed by atoms with van der Waals surface area (Å²) >= 11 is 0. The third kappa shape index (κ3) is 4.93. The highest BCUT2D eigenvalue weighted by molar-refractivity contribution is 6.08.